The van der Waals surface area contributed by atoms with Crippen LogP contribution in [0, 0.1) is 12.7 Å². The number of carbonyl (C=O) groups is 1. The van der Waals surface area contributed by atoms with Gasteiger partial charge in [-0.25, -0.2) is 12.8 Å². The molecule has 0 unspecified atom stereocenters. The number of carboxylic acids is 1. The number of sulfonamides is 1. The van der Waals surface area contributed by atoms with Crippen molar-refractivity contribution < 1.29 is 22.7 Å². The van der Waals surface area contributed by atoms with Crippen molar-refractivity contribution in [3.05, 3.63) is 29.6 Å². The van der Waals surface area contributed by atoms with Gasteiger partial charge >= 0.3 is 5.97 Å². The fraction of sp³-hybridized carbons (Fsp3) is 0.462. The van der Waals surface area contributed by atoms with Gasteiger partial charge in [0.1, 0.15) is 12.4 Å². The molecular formula is C13H16FNO4S. The standard InChI is InChI=1S/C13H16FNO4S/c1-9-7-11(5-6-12(9)14)20(18,19)15(8-13(16)17)10-3-2-4-10/h5-7,10H,2-4,8H2,1H3,(H,16,17). The minimum Gasteiger partial charge on any atom is -0.480 e. The van der Waals surface area contributed by atoms with Gasteiger partial charge < -0.3 is 5.11 Å². The van der Waals surface area contributed by atoms with E-state index in [2.05, 4.69) is 0 Å². The number of nitrogens with zero attached hydrogens (tertiary/aromatic N) is 1. The average Bonchev–Trinajstić information content (AvgIpc) is 2.29. The van der Waals surface area contributed by atoms with Crippen LogP contribution in [-0.4, -0.2) is 36.4 Å². The van der Waals surface area contributed by atoms with Crippen LogP contribution in [0.1, 0.15) is 24.8 Å². The first-order chi connectivity index (χ1) is 9.32. The Hall–Kier alpha value is -1.47. The Morgan fingerprint density at radius 1 is 1.45 bits per heavy atom. The molecule has 1 saturated carbocycles. The van der Waals surface area contributed by atoms with Crippen LogP contribution < -0.4 is 0 Å². The number of aliphatic carboxylic acids is 1. The van der Waals surface area contributed by atoms with E-state index < -0.39 is 28.4 Å². The molecule has 20 heavy (non-hydrogen) atoms. The topological polar surface area (TPSA) is 74.7 Å². The van der Waals surface area contributed by atoms with E-state index in [-0.39, 0.29) is 16.5 Å². The molecule has 0 aromatic heterocycles. The van der Waals surface area contributed by atoms with Crippen LogP contribution in [0.15, 0.2) is 23.1 Å². The second kappa shape index (κ2) is 5.49. The molecule has 1 aromatic carbocycles. The predicted octanol–water partition coefficient (Wildman–Crippen LogP) is 1.76. The predicted molar refractivity (Wildman–Crippen MR) is 70.3 cm³/mol. The zero-order chi connectivity index (χ0) is 14.9. The summed E-state index contributed by atoms with van der Waals surface area (Å²) in [4.78, 5) is 10.8. The summed E-state index contributed by atoms with van der Waals surface area (Å²) in [6.45, 7) is 0.905. The van der Waals surface area contributed by atoms with Gasteiger partial charge in [0.2, 0.25) is 10.0 Å². The molecule has 0 atom stereocenters. The van der Waals surface area contributed by atoms with E-state index >= 15 is 0 Å². The Kier molecular flexibility index (Phi) is 4.10. The third-order valence-electron chi connectivity index (χ3n) is 3.51. The van der Waals surface area contributed by atoms with Gasteiger partial charge in [0, 0.05) is 6.04 Å². The monoisotopic (exact) mass is 301 g/mol. The molecule has 2 rings (SSSR count). The molecule has 1 aromatic rings. The third-order valence-corrected chi connectivity index (χ3v) is 5.40. The maximum atomic E-state index is 13.2. The lowest BCUT2D eigenvalue weighted by Gasteiger charge is -2.35. The summed E-state index contributed by atoms with van der Waals surface area (Å²) in [5.74, 6) is -1.68. The molecule has 0 amide bonds. The maximum absolute atomic E-state index is 13.2. The Labute approximate surface area is 117 Å². The minimum absolute atomic E-state index is 0.0652. The summed E-state index contributed by atoms with van der Waals surface area (Å²) in [5.41, 5.74) is 0.218. The highest BCUT2D eigenvalue weighted by Gasteiger charge is 2.36. The second-order valence-corrected chi connectivity index (χ2v) is 6.83. The normalized spacial score (nSPS) is 16.1. The SMILES string of the molecule is Cc1cc(S(=O)(=O)N(CC(=O)O)C2CCC2)ccc1F. The molecule has 0 bridgehead atoms. The number of hydrogen-bond acceptors (Lipinski definition) is 3. The van der Waals surface area contributed by atoms with Crippen molar-refractivity contribution in [2.24, 2.45) is 0 Å². The first-order valence-corrected chi connectivity index (χ1v) is 7.76. The molecule has 0 heterocycles. The highest BCUT2D eigenvalue weighted by atomic mass is 32.2. The highest BCUT2D eigenvalue weighted by Crippen LogP contribution is 2.30. The number of carboxylic acid groups (broad SMARTS) is 1. The van der Waals surface area contributed by atoms with Crippen LogP contribution in [0.2, 0.25) is 0 Å². The van der Waals surface area contributed by atoms with E-state index in [1.165, 1.54) is 19.1 Å². The maximum Gasteiger partial charge on any atom is 0.318 e. The molecule has 1 aliphatic carbocycles. The highest BCUT2D eigenvalue weighted by molar-refractivity contribution is 7.89. The molecule has 1 N–H and O–H groups in total. The molecule has 110 valence electrons. The van der Waals surface area contributed by atoms with Gasteiger partial charge in [0.05, 0.1) is 4.90 Å². The van der Waals surface area contributed by atoms with E-state index in [1.807, 2.05) is 0 Å². The molecule has 1 fully saturated rings. The van der Waals surface area contributed by atoms with Crippen molar-refractivity contribution in [2.45, 2.75) is 37.1 Å². The average molecular weight is 301 g/mol. The van der Waals surface area contributed by atoms with Gasteiger partial charge in [-0.1, -0.05) is 6.42 Å². The number of hydrogen-bond donors (Lipinski definition) is 1. The Balaban J connectivity index is 2.38. The lowest BCUT2D eigenvalue weighted by molar-refractivity contribution is -0.137. The van der Waals surface area contributed by atoms with Crippen LogP contribution in [0.5, 0.6) is 0 Å². The summed E-state index contributed by atoms with van der Waals surface area (Å²) in [5, 5.41) is 8.90. The van der Waals surface area contributed by atoms with Crippen LogP contribution in [0.4, 0.5) is 4.39 Å². The third kappa shape index (κ3) is 2.83. The van der Waals surface area contributed by atoms with Crippen molar-refractivity contribution in [1.29, 1.82) is 0 Å². The second-order valence-electron chi connectivity index (χ2n) is 4.94. The fourth-order valence-electron chi connectivity index (χ4n) is 2.13. The van der Waals surface area contributed by atoms with E-state index in [9.17, 15) is 17.6 Å². The molecule has 0 radical (unpaired) electrons. The molecule has 1 aliphatic rings. The summed E-state index contributed by atoms with van der Waals surface area (Å²) in [6.07, 6.45) is 2.21. The largest absolute Gasteiger partial charge is 0.480 e. The van der Waals surface area contributed by atoms with Gasteiger partial charge in [-0.15, -0.1) is 0 Å². The zero-order valence-electron chi connectivity index (χ0n) is 11.0. The van der Waals surface area contributed by atoms with E-state index in [1.54, 1.807) is 0 Å². The Morgan fingerprint density at radius 3 is 2.55 bits per heavy atom. The van der Waals surface area contributed by atoms with Crippen molar-refractivity contribution in [3.8, 4) is 0 Å². The first-order valence-electron chi connectivity index (χ1n) is 6.32. The van der Waals surface area contributed by atoms with E-state index in [0.29, 0.717) is 12.8 Å². The number of halogens is 1. The number of benzene rings is 1. The van der Waals surface area contributed by atoms with Gasteiger partial charge in [-0.2, -0.15) is 4.31 Å². The van der Waals surface area contributed by atoms with Crippen LogP contribution >= 0.6 is 0 Å². The van der Waals surface area contributed by atoms with Crippen molar-refractivity contribution in [1.82, 2.24) is 4.31 Å². The lowest BCUT2D eigenvalue weighted by atomic mass is 9.93. The molecule has 7 heteroatoms. The lowest BCUT2D eigenvalue weighted by Crippen LogP contribution is -2.46. The molecule has 0 spiro atoms. The Morgan fingerprint density at radius 2 is 2.10 bits per heavy atom. The summed E-state index contributed by atoms with van der Waals surface area (Å²) >= 11 is 0. The van der Waals surface area contributed by atoms with Crippen LogP contribution in [0.3, 0.4) is 0 Å². The molecule has 0 saturated heterocycles. The van der Waals surface area contributed by atoms with Crippen LogP contribution in [-0.2, 0) is 14.8 Å². The van der Waals surface area contributed by atoms with Crippen LogP contribution in [0.25, 0.3) is 0 Å². The quantitative estimate of drug-likeness (QED) is 0.899. The van der Waals surface area contributed by atoms with E-state index in [0.717, 1.165) is 16.8 Å². The Bertz CT molecular complexity index is 625. The number of rotatable bonds is 5. The zero-order valence-corrected chi connectivity index (χ0v) is 11.9. The molecule has 5 nitrogen and oxygen atoms in total. The first kappa shape index (κ1) is 14.9. The van der Waals surface area contributed by atoms with Gasteiger partial charge in [0.15, 0.2) is 0 Å². The summed E-state index contributed by atoms with van der Waals surface area (Å²) in [6, 6.07) is 3.21. The van der Waals surface area contributed by atoms with Gasteiger partial charge in [-0.05, 0) is 43.5 Å². The smallest absolute Gasteiger partial charge is 0.318 e. The molecular weight excluding hydrogens is 285 g/mol. The van der Waals surface area contributed by atoms with Gasteiger partial charge in [-0.3, -0.25) is 4.79 Å². The molecule has 0 aliphatic heterocycles. The summed E-state index contributed by atoms with van der Waals surface area (Å²) in [7, 11) is -3.91. The minimum atomic E-state index is -3.91. The van der Waals surface area contributed by atoms with Crippen molar-refractivity contribution in [2.75, 3.05) is 6.54 Å². The van der Waals surface area contributed by atoms with E-state index in [4.69, 9.17) is 5.11 Å². The van der Waals surface area contributed by atoms with Crippen molar-refractivity contribution in [3.63, 3.8) is 0 Å². The summed E-state index contributed by atoms with van der Waals surface area (Å²) < 4.78 is 39.2. The van der Waals surface area contributed by atoms with Gasteiger partial charge in [0.25, 0.3) is 0 Å². The number of aryl methyl sites for hydroxylation is 1. The fourth-order valence-corrected chi connectivity index (χ4v) is 3.85. The van der Waals surface area contributed by atoms with Crippen molar-refractivity contribution >= 4 is 16.0 Å².